The molecule has 2 aromatic rings. The van der Waals surface area contributed by atoms with Gasteiger partial charge in [-0.3, -0.25) is 0 Å². The van der Waals surface area contributed by atoms with Gasteiger partial charge in [0.2, 0.25) is 0 Å². The Kier molecular flexibility index (Phi) is 13.5. The van der Waals surface area contributed by atoms with E-state index in [0.717, 1.165) is 17.2 Å². The maximum atomic E-state index is 2.55. The summed E-state index contributed by atoms with van der Waals surface area (Å²) in [6.45, 7) is 0. The topological polar surface area (TPSA) is 0 Å². The van der Waals surface area contributed by atoms with E-state index in [1.165, 1.54) is 94.2 Å². The number of halogens is 2. The molecule has 0 radical (unpaired) electrons. The molecule has 0 bridgehead atoms. The molecular formula is C30H39Cl2PTi. The third-order valence-electron chi connectivity index (χ3n) is 8.05. The first kappa shape index (κ1) is 30.1. The van der Waals surface area contributed by atoms with E-state index in [-0.39, 0.29) is 54.5 Å². The van der Waals surface area contributed by atoms with Crippen molar-refractivity contribution in [3.63, 3.8) is 0 Å². The standard InChI is InChI=1S/C21H28P.C9H11.2ClH.Ti/c1-3-11-19(12-4-1)22(20-13-5-2-6-14-20)21-15-17-9-7-8-10-18(17)16-21;1-2-5-9-7-3-6-8(9)4-1;;;/h7-10,15-16,19-20H,1-6,11-14H2;1-2,4,6,9H,3,5,7H2;2*1H;/q2*-1;;;+4/p-2. The van der Waals surface area contributed by atoms with Crippen molar-refractivity contribution in [3.8, 4) is 0 Å². The fourth-order valence-corrected chi connectivity index (χ4v) is 10.2. The normalized spacial score (nSPS) is 22.3. The molecule has 0 aromatic heterocycles. The molecule has 0 aliphatic heterocycles. The third-order valence-corrected chi connectivity index (χ3v) is 11.5. The van der Waals surface area contributed by atoms with Crippen molar-refractivity contribution in [3.05, 3.63) is 66.6 Å². The molecular weight excluding hydrogens is 510 g/mol. The Balaban J connectivity index is 0.000000290. The summed E-state index contributed by atoms with van der Waals surface area (Å²) in [5.41, 5.74) is 3.62. The van der Waals surface area contributed by atoms with Crippen LogP contribution in [-0.4, -0.2) is 11.3 Å². The minimum atomic E-state index is 0. The quantitative estimate of drug-likeness (QED) is 0.314. The summed E-state index contributed by atoms with van der Waals surface area (Å²) in [6.07, 6.45) is 27.9. The zero-order chi connectivity index (χ0) is 20.9. The van der Waals surface area contributed by atoms with Crippen LogP contribution in [-0.2, 0) is 21.7 Å². The van der Waals surface area contributed by atoms with Gasteiger partial charge in [-0.15, -0.1) is 58.9 Å². The van der Waals surface area contributed by atoms with Crippen molar-refractivity contribution in [2.45, 2.75) is 94.8 Å². The van der Waals surface area contributed by atoms with Crippen molar-refractivity contribution in [2.75, 3.05) is 0 Å². The molecule has 6 rings (SSSR count). The molecule has 0 saturated heterocycles. The second kappa shape index (κ2) is 15.2. The van der Waals surface area contributed by atoms with Gasteiger partial charge in [0.05, 0.1) is 0 Å². The predicted molar refractivity (Wildman–Crippen MR) is 139 cm³/mol. The van der Waals surface area contributed by atoms with Crippen LogP contribution >= 0.6 is 7.92 Å². The number of rotatable bonds is 3. The van der Waals surface area contributed by atoms with Gasteiger partial charge in [-0.1, -0.05) is 58.9 Å². The fourth-order valence-electron chi connectivity index (χ4n) is 6.39. The summed E-state index contributed by atoms with van der Waals surface area (Å²) < 4.78 is 0. The Morgan fingerprint density at radius 1 is 0.794 bits per heavy atom. The Bertz CT molecular complexity index is 854. The molecule has 1 unspecified atom stereocenters. The van der Waals surface area contributed by atoms with Gasteiger partial charge < -0.3 is 24.8 Å². The molecule has 3 saturated carbocycles. The minimum absolute atomic E-state index is 0. The largest absolute Gasteiger partial charge is 4.00 e. The van der Waals surface area contributed by atoms with E-state index in [1.54, 1.807) is 10.9 Å². The van der Waals surface area contributed by atoms with Gasteiger partial charge >= 0.3 is 21.7 Å². The average molecular weight is 549 g/mol. The molecule has 0 N–H and O–H groups in total. The van der Waals surface area contributed by atoms with Gasteiger partial charge in [-0.05, 0) is 49.3 Å². The summed E-state index contributed by atoms with van der Waals surface area (Å²) in [6, 6.07) is 14.1. The Hall–Kier alpha value is -0.0957. The van der Waals surface area contributed by atoms with Crippen LogP contribution in [0.15, 0.2) is 60.2 Å². The first-order chi connectivity index (χ1) is 15.4. The number of allylic oxidation sites excluding steroid dienone is 4. The fraction of sp³-hybridized carbons (Fsp3) is 0.533. The second-order valence-corrected chi connectivity index (χ2v) is 12.9. The maximum absolute atomic E-state index is 2.55. The summed E-state index contributed by atoms with van der Waals surface area (Å²) in [5.74, 6) is 0.884. The Morgan fingerprint density at radius 3 is 2.06 bits per heavy atom. The van der Waals surface area contributed by atoms with Crippen molar-refractivity contribution >= 4 is 24.0 Å². The van der Waals surface area contributed by atoms with E-state index < -0.39 is 0 Å². The van der Waals surface area contributed by atoms with Crippen LogP contribution in [0.4, 0.5) is 0 Å². The van der Waals surface area contributed by atoms with Crippen LogP contribution in [0.2, 0.25) is 0 Å². The van der Waals surface area contributed by atoms with Gasteiger partial charge in [0.25, 0.3) is 0 Å². The predicted octanol–water partition coefficient (Wildman–Crippen LogP) is 2.82. The minimum Gasteiger partial charge on any atom is -1.00 e. The monoisotopic (exact) mass is 548 g/mol. The van der Waals surface area contributed by atoms with Crippen molar-refractivity contribution in [1.82, 2.24) is 0 Å². The van der Waals surface area contributed by atoms with Crippen LogP contribution < -0.4 is 30.1 Å². The van der Waals surface area contributed by atoms with Crippen molar-refractivity contribution < 1.29 is 46.5 Å². The van der Waals surface area contributed by atoms with Gasteiger partial charge in [0.1, 0.15) is 0 Å². The Morgan fingerprint density at radius 2 is 1.44 bits per heavy atom. The van der Waals surface area contributed by atoms with Crippen LogP contribution in [0, 0.1) is 12.3 Å². The van der Waals surface area contributed by atoms with Gasteiger partial charge in [0, 0.05) is 0 Å². The molecule has 34 heavy (non-hydrogen) atoms. The maximum Gasteiger partial charge on any atom is 4.00 e. The van der Waals surface area contributed by atoms with E-state index in [9.17, 15) is 0 Å². The SMILES string of the molecule is C1=CCC2CC[CH-]C2=C1.[Cl-].[Cl-].[Ti+4].c1ccc2[cH-]c(P(C3CCCCC3)C3CCCCC3)cc2c1. The number of hydrogen-bond donors (Lipinski definition) is 0. The average Bonchev–Trinajstić information content (AvgIpc) is 3.48. The van der Waals surface area contributed by atoms with Crippen LogP contribution in [0.3, 0.4) is 0 Å². The number of hydrogen-bond acceptors (Lipinski definition) is 0. The van der Waals surface area contributed by atoms with Gasteiger partial charge in [-0.25, -0.2) is 18.1 Å². The zero-order valence-electron chi connectivity index (χ0n) is 20.4. The first-order valence-electron chi connectivity index (χ1n) is 13.0. The summed E-state index contributed by atoms with van der Waals surface area (Å²) >= 11 is 0. The molecule has 3 fully saturated rings. The van der Waals surface area contributed by atoms with E-state index in [4.69, 9.17) is 0 Å². The van der Waals surface area contributed by atoms with E-state index in [2.05, 4.69) is 61.0 Å². The molecule has 2 aromatic carbocycles. The van der Waals surface area contributed by atoms with Crippen molar-refractivity contribution in [1.29, 1.82) is 0 Å². The second-order valence-electron chi connectivity index (χ2n) is 10.1. The number of benzene rings is 1. The molecule has 182 valence electrons. The molecule has 0 nitrogen and oxygen atoms in total. The molecule has 4 heteroatoms. The molecule has 0 heterocycles. The van der Waals surface area contributed by atoms with Gasteiger partial charge in [0.15, 0.2) is 0 Å². The van der Waals surface area contributed by atoms with Crippen molar-refractivity contribution in [2.24, 2.45) is 5.92 Å². The molecule has 0 amide bonds. The molecule has 4 aliphatic carbocycles. The molecule has 4 aliphatic rings. The first-order valence-corrected chi connectivity index (χ1v) is 14.5. The Labute approximate surface area is 236 Å². The summed E-state index contributed by atoms with van der Waals surface area (Å²) in [7, 11) is 0.0611. The smallest absolute Gasteiger partial charge is 1.00 e. The van der Waals surface area contributed by atoms with E-state index in [1.807, 2.05) is 0 Å². The molecule has 1 atom stereocenters. The summed E-state index contributed by atoms with van der Waals surface area (Å²) in [4.78, 5) is 0. The van der Waals surface area contributed by atoms with Crippen LogP contribution in [0.5, 0.6) is 0 Å². The van der Waals surface area contributed by atoms with Gasteiger partial charge in [-0.2, -0.15) is 6.07 Å². The van der Waals surface area contributed by atoms with E-state index >= 15 is 0 Å². The zero-order valence-corrected chi connectivity index (χ0v) is 24.4. The molecule has 0 spiro atoms. The summed E-state index contributed by atoms with van der Waals surface area (Å²) in [5, 5.41) is 4.67. The van der Waals surface area contributed by atoms with Crippen LogP contribution in [0.25, 0.3) is 10.8 Å². The third kappa shape index (κ3) is 7.46. The number of fused-ring (bicyclic) bond motifs is 2. The van der Waals surface area contributed by atoms with Crippen LogP contribution in [0.1, 0.15) is 83.5 Å². The van der Waals surface area contributed by atoms with E-state index in [0.29, 0.717) is 0 Å².